The molecular weight excluding hydrogens is 312 g/mol. The normalized spacial score (nSPS) is 21.4. The molecule has 0 spiro atoms. The van der Waals surface area contributed by atoms with Crippen molar-refractivity contribution in [2.75, 3.05) is 63.8 Å². The lowest BCUT2D eigenvalue weighted by atomic mass is 10.2. The number of nitrogens with zero attached hydrogens (tertiary/aromatic N) is 4. The molecule has 1 aromatic rings. The van der Waals surface area contributed by atoms with Gasteiger partial charge >= 0.3 is 0 Å². The lowest BCUT2D eigenvalue weighted by Crippen LogP contribution is -2.55. The van der Waals surface area contributed by atoms with Gasteiger partial charge in [0.1, 0.15) is 0 Å². The van der Waals surface area contributed by atoms with Crippen LogP contribution in [0.5, 0.6) is 0 Å². The molecule has 0 saturated carbocycles. The Hall–Kier alpha value is -1.59. The number of hydrogen-bond donors (Lipinski definition) is 0. The average Bonchev–Trinajstić information content (AvgIpc) is 2.68. The molecule has 5 nitrogen and oxygen atoms in total. The maximum Gasteiger partial charge on any atom is 0.236 e. The highest BCUT2D eigenvalue weighted by molar-refractivity contribution is 5.78. The fourth-order valence-electron chi connectivity index (χ4n) is 3.76. The van der Waals surface area contributed by atoms with E-state index < -0.39 is 0 Å². The van der Waals surface area contributed by atoms with Crippen LogP contribution in [0.4, 0.5) is 5.69 Å². The first-order valence-corrected chi connectivity index (χ1v) is 9.71. The molecule has 1 atom stereocenters. The van der Waals surface area contributed by atoms with Crippen molar-refractivity contribution in [3.8, 4) is 0 Å². The molecule has 0 aliphatic carbocycles. The molecule has 5 heteroatoms. The van der Waals surface area contributed by atoms with Crippen LogP contribution in [0.15, 0.2) is 30.3 Å². The predicted molar refractivity (Wildman–Crippen MR) is 103 cm³/mol. The van der Waals surface area contributed by atoms with Crippen LogP contribution in [0.3, 0.4) is 0 Å². The van der Waals surface area contributed by atoms with Gasteiger partial charge in [-0.2, -0.15) is 0 Å². The minimum Gasteiger partial charge on any atom is -0.369 e. The molecule has 2 saturated heterocycles. The molecule has 0 bridgehead atoms. The van der Waals surface area contributed by atoms with Crippen LogP contribution in [0.1, 0.15) is 20.3 Å². The van der Waals surface area contributed by atoms with Crippen molar-refractivity contribution in [3.05, 3.63) is 30.3 Å². The van der Waals surface area contributed by atoms with Crippen molar-refractivity contribution in [1.82, 2.24) is 14.7 Å². The summed E-state index contributed by atoms with van der Waals surface area (Å²) in [5.74, 6) is 0.303. The zero-order chi connectivity index (χ0) is 17.6. The second-order valence-corrected chi connectivity index (χ2v) is 7.27. The third-order valence-corrected chi connectivity index (χ3v) is 5.73. The summed E-state index contributed by atoms with van der Waals surface area (Å²) in [6.07, 6.45) is 1.18. The summed E-state index contributed by atoms with van der Waals surface area (Å²) in [6, 6.07) is 11.2. The van der Waals surface area contributed by atoms with Crippen molar-refractivity contribution >= 4 is 11.6 Å². The van der Waals surface area contributed by atoms with E-state index in [-0.39, 0.29) is 0 Å². The minimum absolute atomic E-state index is 0.303. The maximum atomic E-state index is 12.6. The number of piperazine rings is 2. The van der Waals surface area contributed by atoms with E-state index in [1.165, 1.54) is 12.1 Å². The van der Waals surface area contributed by atoms with Crippen LogP contribution in [0.25, 0.3) is 0 Å². The first kappa shape index (κ1) is 18.2. The van der Waals surface area contributed by atoms with E-state index in [0.717, 1.165) is 52.4 Å². The molecule has 2 fully saturated rings. The zero-order valence-corrected chi connectivity index (χ0v) is 15.7. The number of hydrogen-bond acceptors (Lipinski definition) is 4. The fourth-order valence-corrected chi connectivity index (χ4v) is 3.76. The Morgan fingerprint density at radius 1 is 0.960 bits per heavy atom. The van der Waals surface area contributed by atoms with E-state index in [4.69, 9.17) is 0 Å². The Bertz CT molecular complexity index is 534. The van der Waals surface area contributed by atoms with Crippen molar-refractivity contribution in [2.24, 2.45) is 0 Å². The number of para-hydroxylation sites is 1. The van der Waals surface area contributed by atoms with Gasteiger partial charge in [-0.1, -0.05) is 25.1 Å². The lowest BCUT2D eigenvalue weighted by Gasteiger charge is -2.40. The zero-order valence-electron chi connectivity index (χ0n) is 15.7. The van der Waals surface area contributed by atoms with E-state index in [2.05, 4.69) is 63.8 Å². The van der Waals surface area contributed by atoms with Gasteiger partial charge in [0, 0.05) is 64.1 Å². The van der Waals surface area contributed by atoms with Crippen molar-refractivity contribution in [3.63, 3.8) is 0 Å². The Morgan fingerprint density at radius 3 is 2.20 bits per heavy atom. The SMILES string of the molecule is CCC(C)N1CCN(C(=O)CN2CCN(c3ccccc3)CC2)CC1. The standard InChI is InChI=1S/C20H32N4O/c1-3-18(2)22-13-15-24(16-14-22)20(25)17-21-9-11-23(12-10-21)19-7-5-4-6-8-19/h4-8,18H,3,9-17H2,1-2H3. The summed E-state index contributed by atoms with van der Waals surface area (Å²) >= 11 is 0. The second-order valence-electron chi connectivity index (χ2n) is 7.27. The molecule has 2 heterocycles. The fraction of sp³-hybridized carbons (Fsp3) is 0.650. The molecule has 1 aromatic carbocycles. The summed E-state index contributed by atoms with van der Waals surface area (Å²) in [4.78, 5) is 21.9. The lowest BCUT2D eigenvalue weighted by molar-refractivity contribution is -0.134. The number of benzene rings is 1. The highest BCUT2D eigenvalue weighted by Gasteiger charge is 2.25. The summed E-state index contributed by atoms with van der Waals surface area (Å²) in [6.45, 7) is 12.8. The molecule has 0 radical (unpaired) electrons. The molecule has 25 heavy (non-hydrogen) atoms. The third kappa shape index (κ3) is 4.73. The van der Waals surface area contributed by atoms with Crippen LogP contribution in [-0.4, -0.2) is 85.6 Å². The Kier molecular flexibility index (Phi) is 6.32. The third-order valence-electron chi connectivity index (χ3n) is 5.73. The Labute approximate surface area is 152 Å². The van der Waals surface area contributed by atoms with E-state index in [1.807, 2.05) is 0 Å². The summed E-state index contributed by atoms with van der Waals surface area (Å²) < 4.78 is 0. The van der Waals surface area contributed by atoms with Crippen LogP contribution < -0.4 is 4.90 Å². The highest BCUT2D eigenvalue weighted by atomic mass is 16.2. The van der Waals surface area contributed by atoms with Crippen molar-refractivity contribution in [2.45, 2.75) is 26.3 Å². The van der Waals surface area contributed by atoms with Gasteiger partial charge in [-0.15, -0.1) is 0 Å². The topological polar surface area (TPSA) is 30.0 Å². The Balaban J connectivity index is 1.41. The summed E-state index contributed by atoms with van der Waals surface area (Å²) in [5.41, 5.74) is 1.29. The van der Waals surface area contributed by atoms with Gasteiger partial charge in [0.15, 0.2) is 0 Å². The molecule has 1 unspecified atom stereocenters. The highest BCUT2D eigenvalue weighted by Crippen LogP contribution is 2.16. The van der Waals surface area contributed by atoms with E-state index in [9.17, 15) is 4.79 Å². The average molecular weight is 345 g/mol. The molecule has 0 aromatic heterocycles. The number of carbonyl (C=O) groups is 1. The second kappa shape index (κ2) is 8.68. The van der Waals surface area contributed by atoms with Gasteiger partial charge in [0.05, 0.1) is 6.54 Å². The van der Waals surface area contributed by atoms with Crippen LogP contribution in [0.2, 0.25) is 0 Å². The summed E-state index contributed by atoms with van der Waals surface area (Å²) in [5, 5.41) is 0. The van der Waals surface area contributed by atoms with Gasteiger partial charge < -0.3 is 9.80 Å². The van der Waals surface area contributed by atoms with Gasteiger partial charge in [-0.25, -0.2) is 0 Å². The molecule has 3 rings (SSSR count). The smallest absolute Gasteiger partial charge is 0.236 e. The molecule has 138 valence electrons. The maximum absolute atomic E-state index is 12.6. The molecule has 2 aliphatic heterocycles. The number of amides is 1. The van der Waals surface area contributed by atoms with Crippen molar-refractivity contribution in [1.29, 1.82) is 0 Å². The molecule has 2 aliphatic rings. The number of rotatable bonds is 5. The Morgan fingerprint density at radius 2 is 1.60 bits per heavy atom. The molecular formula is C20H32N4O. The van der Waals surface area contributed by atoms with Gasteiger partial charge in [0.2, 0.25) is 5.91 Å². The van der Waals surface area contributed by atoms with Gasteiger partial charge in [0.25, 0.3) is 0 Å². The van der Waals surface area contributed by atoms with Crippen LogP contribution >= 0.6 is 0 Å². The van der Waals surface area contributed by atoms with Crippen LogP contribution in [-0.2, 0) is 4.79 Å². The first-order valence-electron chi connectivity index (χ1n) is 9.71. The van der Waals surface area contributed by atoms with Gasteiger partial charge in [-0.3, -0.25) is 14.6 Å². The van der Waals surface area contributed by atoms with E-state index in [0.29, 0.717) is 18.5 Å². The molecule has 1 amide bonds. The molecule has 0 N–H and O–H groups in total. The van der Waals surface area contributed by atoms with E-state index in [1.54, 1.807) is 0 Å². The van der Waals surface area contributed by atoms with Crippen molar-refractivity contribution < 1.29 is 4.79 Å². The number of carbonyl (C=O) groups excluding carboxylic acids is 1. The largest absolute Gasteiger partial charge is 0.369 e. The number of anilines is 1. The monoisotopic (exact) mass is 344 g/mol. The van der Waals surface area contributed by atoms with E-state index >= 15 is 0 Å². The quantitative estimate of drug-likeness (QED) is 0.814. The first-order chi connectivity index (χ1) is 12.2. The summed E-state index contributed by atoms with van der Waals surface area (Å²) in [7, 11) is 0. The van der Waals surface area contributed by atoms with Gasteiger partial charge in [-0.05, 0) is 25.5 Å². The van der Waals surface area contributed by atoms with Crippen LogP contribution in [0, 0.1) is 0 Å². The predicted octanol–water partition coefficient (Wildman–Crippen LogP) is 1.75. The minimum atomic E-state index is 0.303.